The highest BCUT2D eigenvalue weighted by molar-refractivity contribution is 6.25. The number of aliphatic imine (C=N–C) groups is 1. The highest BCUT2D eigenvalue weighted by atomic mass is 16.2. The maximum atomic E-state index is 12.3. The molecule has 0 unspecified atom stereocenters. The number of urea groups is 1. The standard InChI is InChI=1S/C19H24N4O2/c1-5-12-11-16(24)18(22-19(20)25)15(6-2)17(12)21-13-7-9-14(10-8-13)23(3)4/h7-11H,5-6H2,1-4H3,(H3,20,22,25). The molecule has 0 heterocycles. The number of allylic oxidation sites excluding steroid dienone is 3. The van der Waals surface area contributed by atoms with Crippen molar-refractivity contribution in [3.05, 3.63) is 47.2 Å². The van der Waals surface area contributed by atoms with Crippen molar-refractivity contribution in [1.82, 2.24) is 5.32 Å². The Bertz CT molecular complexity index is 771. The lowest BCUT2D eigenvalue weighted by Crippen LogP contribution is -2.35. The number of primary amides is 1. The second kappa shape index (κ2) is 7.79. The van der Waals surface area contributed by atoms with Crippen LogP contribution in [0.15, 0.2) is 52.2 Å². The Morgan fingerprint density at radius 3 is 2.28 bits per heavy atom. The van der Waals surface area contributed by atoms with E-state index in [1.807, 2.05) is 57.1 Å². The van der Waals surface area contributed by atoms with Gasteiger partial charge in [-0.2, -0.15) is 0 Å². The summed E-state index contributed by atoms with van der Waals surface area (Å²) in [6, 6.07) is 7.08. The summed E-state index contributed by atoms with van der Waals surface area (Å²) in [6.45, 7) is 3.90. The number of hydrogen-bond acceptors (Lipinski definition) is 4. The molecule has 0 atom stereocenters. The molecule has 0 aromatic heterocycles. The normalized spacial score (nSPS) is 16.1. The molecule has 0 saturated heterocycles. The minimum absolute atomic E-state index is 0.218. The summed E-state index contributed by atoms with van der Waals surface area (Å²) in [6.07, 6.45) is 2.76. The molecule has 1 aliphatic carbocycles. The number of carbonyl (C=O) groups is 2. The van der Waals surface area contributed by atoms with Crippen LogP contribution in [-0.2, 0) is 4.79 Å². The average molecular weight is 340 g/mol. The second-order valence-corrected chi connectivity index (χ2v) is 5.95. The van der Waals surface area contributed by atoms with Crippen molar-refractivity contribution in [2.24, 2.45) is 10.7 Å². The van der Waals surface area contributed by atoms with Crippen LogP contribution < -0.4 is 16.0 Å². The molecule has 25 heavy (non-hydrogen) atoms. The van der Waals surface area contributed by atoms with Gasteiger partial charge in [-0.05, 0) is 48.8 Å². The van der Waals surface area contributed by atoms with Gasteiger partial charge in [-0.25, -0.2) is 9.79 Å². The Hall–Kier alpha value is -2.89. The number of amides is 2. The number of carbonyl (C=O) groups excluding carboxylic acids is 2. The van der Waals surface area contributed by atoms with E-state index in [1.165, 1.54) is 6.08 Å². The van der Waals surface area contributed by atoms with Gasteiger partial charge in [0.05, 0.1) is 17.1 Å². The van der Waals surface area contributed by atoms with Gasteiger partial charge in [0.25, 0.3) is 0 Å². The highest BCUT2D eigenvalue weighted by Crippen LogP contribution is 2.27. The summed E-state index contributed by atoms with van der Waals surface area (Å²) in [4.78, 5) is 30.3. The van der Waals surface area contributed by atoms with E-state index in [0.29, 0.717) is 18.4 Å². The predicted octanol–water partition coefficient (Wildman–Crippen LogP) is 3.08. The van der Waals surface area contributed by atoms with Crippen LogP contribution in [0.25, 0.3) is 0 Å². The van der Waals surface area contributed by atoms with Crippen LogP contribution in [0.2, 0.25) is 0 Å². The third-order valence-corrected chi connectivity index (χ3v) is 4.03. The average Bonchev–Trinajstić information content (AvgIpc) is 2.57. The van der Waals surface area contributed by atoms with E-state index < -0.39 is 6.03 Å². The molecule has 0 spiro atoms. The van der Waals surface area contributed by atoms with E-state index in [-0.39, 0.29) is 11.5 Å². The maximum Gasteiger partial charge on any atom is 0.316 e. The van der Waals surface area contributed by atoms with Gasteiger partial charge in [0.15, 0.2) is 0 Å². The molecule has 0 aliphatic heterocycles. The van der Waals surface area contributed by atoms with Crippen LogP contribution in [0.5, 0.6) is 0 Å². The molecular weight excluding hydrogens is 316 g/mol. The summed E-state index contributed by atoms with van der Waals surface area (Å²) in [5, 5.41) is 2.45. The van der Waals surface area contributed by atoms with Gasteiger partial charge >= 0.3 is 6.03 Å². The molecule has 0 radical (unpaired) electrons. The molecule has 1 aliphatic rings. The van der Waals surface area contributed by atoms with Crippen molar-refractivity contribution < 1.29 is 9.59 Å². The summed E-state index contributed by atoms with van der Waals surface area (Å²) in [5.74, 6) is -0.241. The topological polar surface area (TPSA) is 87.8 Å². The van der Waals surface area contributed by atoms with Crippen LogP contribution in [-0.4, -0.2) is 31.6 Å². The van der Waals surface area contributed by atoms with Crippen molar-refractivity contribution in [2.75, 3.05) is 19.0 Å². The molecular formula is C19H24N4O2. The number of benzene rings is 1. The molecule has 132 valence electrons. The summed E-state index contributed by atoms with van der Waals surface area (Å²) in [7, 11) is 3.95. The third-order valence-electron chi connectivity index (χ3n) is 4.03. The molecule has 6 heteroatoms. The van der Waals surface area contributed by atoms with E-state index in [4.69, 9.17) is 10.7 Å². The summed E-state index contributed by atoms with van der Waals surface area (Å²) < 4.78 is 0. The Balaban J connectivity index is 2.52. The van der Waals surface area contributed by atoms with Gasteiger partial charge in [0.2, 0.25) is 5.78 Å². The Kier molecular flexibility index (Phi) is 5.75. The maximum absolute atomic E-state index is 12.3. The number of ketones is 1. The van der Waals surface area contributed by atoms with Gasteiger partial charge < -0.3 is 16.0 Å². The van der Waals surface area contributed by atoms with Crippen molar-refractivity contribution in [2.45, 2.75) is 26.7 Å². The fourth-order valence-corrected chi connectivity index (χ4v) is 2.73. The zero-order valence-electron chi connectivity index (χ0n) is 15.1. The van der Waals surface area contributed by atoms with E-state index >= 15 is 0 Å². The van der Waals surface area contributed by atoms with Crippen LogP contribution in [0.1, 0.15) is 26.7 Å². The molecule has 3 N–H and O–H groups in total. The lowest BCUT2D eigenvalue weighted by molar-refractivity contribution is -0.111. The van der Waals surface area contributed by atoms with Crippen molar-refractivity contribution in [3.8, 4) is 0 Å². The number of anilines is 1. The summed E-state index contributed by atoms with van der Waals surface area (Å²) >= 11 is 0. The zero-order valence-corrected chi connectivity index (χ0v) is 15.1. The van der Waals surface area contributed by atoms with E-state index in [0.717, 1.165) is 22.7 Å². The van der Waals surface area contributed by atoms with E-state index in [2.05, 4.69) is 5.32 Å². The Morgan fingerprint density at radius 1 is 1.16 bits per heavy atom. The number of hydrogen-bond donors (Lipinski definition) is 2. The zero-order chi connectivity index (χ0) is 18.6. The first-order valence-electron chi connectivity index (χ1n) is 8.28. The van der Waals surface area contributed by atoms with E-state index in [1.54, 1.807) is 0 Å². The first-order valence-corrected chi connectivity index (χ1v) is 8.28. The molecule has 2 amide bonds. The van der Waals surface area contributed by atoms with Crippen molar-refractivity contribution in [1.29, 1.82) is 0 Å². The lowest BCUT2D eigenvalue weighted by Gasteiger charge is -2.21. The van der Waals surface area contributed by atoms with Gasteiger partial charge in [0, 0.05) is 25.4 Å². The molecule has 1 aromatic rings. The van der Waals surface area contributed by atoms with E-state index in [9.17, 15) is 9.59 Å². The molecule has 0 bridgehead atoms. The summed E-state index contributed by atoms with van der Waals surface area (Å²) in [5.41, 5.74) is 9.59. The lowest BCUT2D eigenvalue weighted by atomic mass is 9.89. The molecule has 1 aromatic carbocycles. The number of rotatable bonds is 5. The van der Waals surface area contributed by atoms with Gasteiger partial charge in [-0.1, -0.05) is 13.8 Å². The predicted molar refractivity (Wildman–Crippen MR) is 101 cm³/mol. The monoisotopic (exact) mass is 340 g/mol. The van der Waals surface area contributed by atoms with Crippen molar-refractivity contribution >= 4 is 28.9 Å². The number of nitrogens with two attached hydrogens (primary N) is 1. The Morgan fingerprint density at radius 2 is 1.80 bits per heavy atom. The number of nitrogens with one attached hydrogen (secondary N) is 1. The van der Waals surface area contributed by atoms with Crippen LogP contribution in [0.4, 0.5) is 16.2 Å². The largest absolute Gasteiger partial charge is 0.378 e. The van der Waals surface area contributed by atoms with Crippen LogP contribution in [0.3, 0.4) is 0 Å². The fraction of sp³-hybridized carbons (Fsp3) is 0.316. The molecule has 6 nitrogen and oxygen atoms in total. The quantitative estimate of drug-likeness (QED) is 0.807. The minimum Gasteiger partial charge on any atom is -0.378 e. The van der Waals surface area contributed by atoms with Gasteiger partial charge in [-0.3, -0.25) is 4.79 Å². The first kappa shape index (κ1) is 18.4. The molecule has 2 rings (SSSR count). The molecule has 0 fully saturated rings. The number of nitrogens with zero attached hydrogens (tertiary/aromatic N) is 2. The smallest absolute Gasteiger partial charge is 0.316 e. The van der Waals surface area contributed by atoms with Crippen molar-refractivity contribution in [3.63, 3.8) is 0 Å². The molecule has 0 saturated carbocycles. The second-order valence-electron chi connectivity index (χ2n) is 5.95. The van der Waals surface area contributed by atoms with Gasteiger partial charge in [0.1, 0.15) is 0 Å². The Labute approximate surface area is 148 Å². The van der Waals surface area contributed by atoms with Crippen LogP contribution in [0, 0.1) is 0 Å². The fourth-order valence-electron chi connectivity index (χ4n) is 2.73. The first-order chi connectivity index (χ1) is 11.9. The van der Waals surface area contributed by atoms with Gasteiger partial charge in [-0.15, -0.1) is 0 Å². The minimum atomic E-state index is -0.752. The van der Waals surface area contributed by atoms with Crippen LogP contribution >= 0.6 is 0 Å². The third kappa shape index (κ3) is 4.15. The highest BCUT2D eigenvalue weighted by Gasteiger charge is 2.25. The SMILES string of the molecule is CCC1=CC(=O)C(NC(N)=O)=C(CC)C1=Nc1ccc(N(C)C)cc1.